The van der Waals surface area contributed by atoms with Gasteiger partial charge in [0.15, 0.2) is 11.6 Å². The molecule has 2 rings (SSSR count). The number of likely N-dealkylation sites (tertiary alicyclic amines) is 1. The molecule has 1 heterocycles. The largest absolute Gasteiger partial charge is 0.488 e. The quantitative estimate of drug-likeness (QED) is 0.863. The normalized spacial score (nSPS) is 17.4. The van der Waals surface area contributed by atoms with Crippen LogP contribution >= 0.6 is 0 Å². The van der Waals surface area contributed by atoms with Gasteiger partial charge in [-0.15, -0.1) is 0 Å². The number of piperidine rings is 1. The molecule has 4 nitrogen and oxygen atoms in total. The Morgan fingerprint density at radius 2 is 1.90 bits per heavy atom. The van der Waals surface area contributed by atoms with E-state index in [0.29, 0.717) is 11.4 Å². The Morgan fingerprint density at radius 1 is 1.25 bits per heavy atom. The Bertz CT molecular complexity index is 457. The third-order valence-corrected chi connectivity index (χ3v) is 3.39. The molecule has 0 aromatic heterocycles. The fourth-order valence-corrected chi connectivity index (χ4v) is 2.28. The molecule has 1 fully saturated rings. The first kappa shape index (κ1) is 14.9. The molecule has 0 amide bonds. The van der Waals surface area contributed by atoms with Gasteiger partial charge < -0.3 is 20.1 Å². The number of hydrogen-bond donors (Lipinski definition) is 1. The minimum absolute atomic E-state index is 0.0932. The molecule has 1 aliphatic heterocycles. The molecule has 1 aliphatic rings. The van der Waals surface area contributed by atoms with Gasteiger partial charge in [0.05, 0.1) is 11.8 Å². The van der Waals surface area contributed by atoms with Crippen molar-refractivity contribution >= 4 is 5.69 Å². The number of halogens is 1. The van der Waals surface area contributed by atoms with Gasteiger partial charge in [0.1, 0.15) is 11.9 Å². The summed E-state index contributed by atoms with van der Waals surface area (Å²) in [7, 11) is 2.09. The maximum atomic E-state index is 13.8. The Kier molecular flexibility index (Phi) is 4.70. The van der Waals surface area contributed by atoms with Crippen LogP contribution in [0.15, 0.2) is 12.1 Å². The number of anilines is 1. The number of nitrogens with two attached hydrogens (primary N) is 1. The van der Waals surface area contributed by atoms with Crippen molar-refractivity contribution in [2.45, 2.75) is 38.9 Å². The smallest absolute Gasteiger partial charge is 0.167 e. The third-order valence-electron chi connectivity index (χ3n) is 3.39. The van der Waals surface area contributed by atoms with Crippen molar-refractivity contribution in [3.05, 3.63) is 17.9 Å². The van der Waals surface area contributed by atoms with Gasteiger partial charge in [-0.2, -0.15) is 0 Å². The molecule has 1 saturated heterocycles. The van der Waals surface area contributed by atoms with Crippen molar-refractivity contribution in [3.8, 4) is 11.5 Å². The molecule has 1 aromatic carbocycles. The highest BCUT2D eigenvalue weighted by atomic mass is 19.1. The minimum atomic E-state index is -0.452. The lowest BCUT2D eigenvalue weighted by molar-refractivity contribution is 0.114. The zero-order chi connectivity index (χ0) is 14.7. The second-order valence-corrected chi connectivity index (χ2v) is 5.61. The summed E-state index contributed by atoms with van der Waals surface area (Å²) in [6, 6.07) is 2.82. The van der Waals surface area contributed by atoms with Crippen LogP contribution in [0.4, 0.5) is 10.1 Å². The molecule has 0 radical (unpaired) electrons. The van der Waals surface area contributed by atoms with Gasteiger partial charge in [0.25, 0.3) is 0 Å². The number of benzene rings is 1. The maximum absolute atomic E-state index is 13.8. The highest BCUT2D eigenvalue weighted by molar-refractivity contribution is 5.56. The van der Waals surface area contributed by atoms with Crippen LogP contribution in [-0.2, 0) is 0 Å². The molecule has 0 spiro atoms. The lowest BCUT2D eigenvalue weighted by atomic mass is 10.1. The van der Waals surface area contributed by atoms with Gasteiger partial charge in [-0.3, -0.25) is 0 Å². The van der Waals surface area contributed by atoms with Crippen LogP contribution in [0.1, 0.15) is 26.7 Å². The average molecular weight is 282 g/mol. The van der Waals surface area contributed by atoms with Crippen LogP contribution in [0, 0.1) is 5.82 Å². The molecule has 0 unspecified atom stereocenters. The second kappa shape index (κ2) is 6.31. The average Bonchev–Trinajstić information content (AvgIpc) is 2.37. The SMILES string of the molecule is CC(C)Oc1cc(OC2CCN(C)CC2)c(N)cc1F. The van der Waals surface area contributed by atoms with Gasteiger partial charge in [0.2, 0.25) is 0 Å². The summed E-state index contributed by atoms with van der Waals surface area (Å²) in [6.07, 6.45) is 1.94. The van der Waals surface area contributed by atoms with E-state index in [1.807, 2.05) is 13.8 Å². The van der Waals surface area contributed by atoms with E-state index in [0.717, 1.165) is 25.9 Å². The maximum Gasteiger partial charge on any atom is 0.167 e. The van der Waals surface area contributed by atoms with Gasteiger partial charge in [-0.1, -0.05) is 0 Å². The molecule has 0 atom stereocenters. The highest BCUT2D eigenvalue weighted by Gasteiger charge is 2.20. The van der Waals surface area contributed by atoms with Crippen LogP contribution in [0.5, 0.6) is 11.5 Å². The topological polar surface area (TPSA) is 47.7 Å². The minimum Gasteiger partial charge on any atom is -0.488 e. The number of rotatable bonds is 4. The van der Waals surface area contributed by atoms with E-state index >= 15 is 0 Å². The number of ether oxygens (including phenoxy) is 2. The first-order valence-corrected chi connectivity index (χ1v) is 7.06. The first-order valence-electron chi connectivity index (χ1n) is 7.06. The Balaban J connectivity index is 2.10. The van der Waals surface area contributed by atoms with Crippen LogP contribution in [0.3, 0.4) is 0 Å². The van der Waals surface area contributed by atoms with Gasteiger partial charge >= 0.3 is 0 Å². The van der Waals surface area contributed by atoms with Crippen molar-refractivity contribution < 1.29 is 13.9 Å². The summed E-state index contributed by atoms with van der Waals surface area (Å²) < 4.78 is 25.1. The van der Waals surface area contributed by atoms with Gasteiger partial charge in [-0.05, 0) is 33.7 Å². The summed E-state index contributed by atoms with van der Waals surface area (Å²) in [5, 5.41) is 0. The molecule has 112 valence electrons. The lowest BCUT2D eigenvalue weighted by Crippen LogP contribution is -2.35. The van der Waals surface area contributed by atoms with E-state index in [4.69, 9.17) is 15.2 Å². The Morgan fingerprint density at radius 3 is 2.50 bits per heavy atom. The molecule has 0 bridgehead atoms. The molecule has 1 aromatic rings. The molecule has 20 heavy (non-hydrogen) atoms. The molecular weight excluding hydrogens is 259 g/mol. The zero-order valence-electron chi connectivity index (χ0n) is 12.4. The lowest BCUT2D eigenvalue weighted by Gasteiger charge is -2.29. The van der Waals surface area contributed by atoms with Crippen molar-refractivity contribution in [1.82, 2.24) is 4.90 Å². The molecular formula is C15H23FN2O2. The summed E-state index contributed by atoms with van der Waals surface area (Å²) in [5.74, 6) is 0.251. The predicted molar refractivity (Wildman–Crippen MR) is 77.7 cm³/mol. The first-order chi connectivity index (χ1) is 9.45. The summed E-state index contributed by atoms with van der Waals surface area (Å²) in [6.45, 7) is 5.71. The Hall–Kier alpha value is -1.49. The molecule has 2 N–H and O–H groups in total. The number of nitrogen functional groups attached to an aromatic ring is 1. The summed E-state index contributed by atoms with van der Waals surface area (Å²) >= 11 is 0. The number of nitrogens with zero attached hydrogens (tertiary/aromatic N) is 1. The van der Waals surface area contributed by atoms with E-state index in [1.165, 1.54) is 6.07 Å². The predicted octanol–water partition coefficient (Wildman–Crippen LogP) is 2.67. The van der Waals surface area contributed by atoms with Crippen LogP contribution < -0.4 is 15.2 Å². The van der Waals surface area contributed by atoms with Crippen molar-refractivity contribution in [2.75, 3.05) is 25.9 Å². The van der Waals surface area contributed by atoms with Crippen molar-refractivity contribution in [3.63, 3.8) is 0 Å². The molecule has 0 saturated carbocycles. The zero-order valence-corrected chi connectivity index (χ0v) is 12.4. The van der Waals surface area contributed by atoms with Crippen molar-refractivity contribution in [2.24, 2.45) is 0 Å². The Labute approximate surface area is 119 Å². The van der Waals surface area contributed by atoms with E-state index in [2.05, 4.69) is 11.9 Å². The molecule has 5 heteroatoms. The van der Waals surface area contributed by atoms with E-state index in [9.17, 15) is 4.39 Å². The summed E-state index contributed by atoms with van der Waals surface area (Å²) in [4.78, 5) is 2.27. The van der Waals surface area contributed by atoms with E-state index in [1.54, 1.807) is 6.07 Å². The fraction of sp³-hybridized carbons (Fsp3) is 0.600. The fourth-order valence-electron chi connectivity index (χ4n) is 2.28. The van der Waals surface area contributed by atoms with Crippen LogP contribution in [0.2, 0.25) is 0 Å². The van der Waals surface area contributed by atoms with Crippen LogP contribution in [-0.4, -0.2) is 37.2 Å². The third kappa shape index (κ3) is 3.76. The highest BCUT2D eigenvalue weighted by Crippen LogP contribution is 2.32. The number of hydrogen-bond acceptors (Lipinski definition) is 4. The standard InChI is InChI=1S/C15H23FN2O2/c1-10(2)19-14-9-15(13(17)8-12(14)16)20-11-4-6-18(3)7-5-11/h8-11H,4-7,17H2,1-3H3. The van der Waals surface area contributed by atoms with Gasteiger partial charge in [-0.25, -0.2) is 4.39 Å². The molecule has 0 aliphatic carbocycles. The van der Waals surface area contributed by atoms with E-state index < -0.39 is 5.82 Å². The van der Waals surface area contributed by atoms with Gasteiger partial charge in [0, 0.05) is 25.2 Å². The second-order valence-electron chi connectivity index (χ2n) is 5.61. The van der Waals surface area contributed by atoms with E-state index in [-0.39, 0.29) is 18.0 Å². The summed E-state index contributed by atoms with van der Waals surface area (Å²) in [5.41, 5.74) is 6.15. The van der Waals surface area contributed by atoms with Crippen LogP contribution in [0.25, 0.3) is 0 Å². The van der Waals surface area contributed by atoms with Crippen molar-refractivity contribution in [1.29, 1.82) is 0 Å². The monoisotopic (exact) mass is 282 g/mol.